The van der Waals surface area contributed by atoms with E-state index in [4.69, 9.17) is 9.26 Å². The van der Waals surface area contributed by atoms with E-state index in [1.54, 1.807) is 7.11 Å². The molecule has 1 atom stereocenters. The van der Waals surface area contributed by atoms with Gasteiger partial charge in [0.15, 0.2) is 0 Å². The summed E-state index contributed by atoms with van der Waals surface area (Å²) in [6.07, 6.45) is 3.13. The van der Waals surface area contributed by atoms with Crippen molar-refractivity contribution in [2.45, 2.75) is 19.8 Å². The molecule has 0 aliphatic heterocycles. The molecule has 3 heteroatoms. The molecule has 0 aliphatic rings. The Bertz CT molecular complexity index is 44.3. The molecule has 56 valence electrons. The Morgan fingerprint density at radius 2 is 2.22 bits per heavy atom. The van der Waals surface area contributed by atoms with Crippen molar-refractivity contribution < 1.29 is 9.26 Å². The zero-order valence-electron chi connectivity index (χ0n) is 6.14. The van der Waals surface area contributed by atoms with Crippen molar-refractivity contribution in [3.8, 4) is 0 Å². The summed E-state index contributed by atoms with van der Waals surface area (Å²) in [6, 6.07) is 0. The largest absolute Gasteiger partial charge is 0.375 e. The lowest BCUT2D eigenvalue weighted by atomic mass is 10.4. The Morgan fingerprint density at radius 1 is 1.44 bits per heavy atom. The maximum atomic E-state index is 5.20. The van der Waals surface area contributed by atoms with E-state index >= 15 is 0 Å². The number of hydrogen-bond acceptors (Lipinski definition) is 2. The highest BCUT2D eigenvalue weighted by Crippen LogP contribution is 2.08. The van der Waals surface area contributed by atoms with Crippen molar-refractivity contribution in [1.82, 2.24) is 0 Å². The number of rotatable bonds is 6. The fourth-order valence-electron chi connectivity index (χ4n) is 0.419. The van der Waals surface area contributed by atoms with E-state index in [0.717, 1.165) is 19.4 Å². The zero-order chi connectivity index (χ0) is 6.95. The quantitative estimate of drug-likeness (QED) is 0.426. The van der Waals surface area contributed by atoms with Crippen LogP contribution < -0.4 is 0 Å². The van der Waals surface area contributed by atoms with E-state index in [1.807, 2.05) is 0 Å². The molecular weight excluding hydrogens is 135 g/mol. The van der Waals surface area contributed by atoms with Crippen LogP contribution in [0.4, 0.5) is 0 Å². The topological polar surface area (TPSA) is 18.5 Å². The molecule has 9 heavy (non-hydrogen) atoms. The van der Waals surface area contributed by atoms with Gasteiger partial charge >= 0.3 is 0 Å². The van der Waals surface area contributed by atoms with E-state index in [-0.39, 0.29) is 0 Å². The molecule has 0 aromatic heterocycles. The van der Waals surface area contributed by atoms with Gasteiger partial charge in [0.2, 0.25) is 0 Å². The van der Waals surface area contributed by atoms with Crippen LogP contribution >= 0.6 is 8.81 Å². The second-order valence-corrected chi connectivity index (χ2v) is 2.74. The maximum Gasteiger partial charge on any atom is 0.0879 e. The normalized spacial score (nSPS) is 11.3. The standard InChI is InChI=1S/C6H15O2P/c1-3-4-5-8-6-9-7-2/h9H,3-6H2,1-2H3. The molecule has 0 fully saturated rings. The van der Waals surface area contributed by atoms with Crippen molar-refractivity contribution in [3.63, 3.8) is 0 Å². The van der Waals surface area contributed by atoms with Crippen molar-refractivity contribution in [3.05, 3.63) is 0 Å². The van der Waals surface area contributed by atoms with Crippen LogP contribution in [0.3, 0.4) is 0 Å². The molecule has 0 heterocycles. The lowest BCUT2D eigenvalue weighted by Crippen LogP contribution is -1.91. The summed E-state index contributed by atoms with van der Waals surface area (Å²) in [6.45, 7) is 3.04. The van der Waals surface area contributed by atoms with Crippen molar-refractivity contribution >= 4 is 8.81 Å². The summed E-state index contributed by atoms with van der Waals surface area (Å²) in [5.74, 6) is 0. The van der Waals surface area contributed by atoms with E-state index in [2.05, 4.69) is 6.92 Å². The molecular formula is C6H15O2P. The van der Waals surface area contributed by atoms with E-state index in [9.17, 15) is 0 Å². The Balaban J connectivity index is 2.60. The summed E-state index contributed by atoms with van der Waals surface area (Å²) < 4.78 is 10.0. The van der Waals surface area contributed by atoms with Gasteiger partial charge in [0.1, 0.15) is 0 Å². The Kier molecular flexibility index (Phi) is 8.67. The summed E-state index contributed by atoms with van der Waals surface area (Å²) >= 11 is 0. The predicted molar refractivity (Wildman–Crippen MR) is 41.1 cm³/mol. The Hall–Kier alpha value is 0.350. The van der Waals surface area contributed by atoms with Gasteiger partial charge in [0, 0.05) is 22.5 Å². The highest BCUT2D eigenvalue weighted by molar-refractivity contribution is 7.31. The van der Waals surface area contributed by atoms with Gasteiger partial charge in [0.05, 0.1) is 6.35 Å². The van der Waals surface area contributed by atoms with Gasteiger partial charge in [-0.3, -0.25) is 0 Å². The number of ether oxygens (including phenoxy) is 1. The van der Waals surface area contributed by atoms with Crippen LogP contribution in [0.1, 0.15) is 19.8 Å². The monoisotopic (exact) mass is 150 g/mol. The second-order valence-electron chi connectivity index (χ2n) is 1.75. The van der Waals surface area contributed by atoms with Gasteiger partial charge in [-0.05, 0) is 6.42 Å². The highest BCUT2D eigenvalue weighted by atomic mass is 31.1. The lowest BCUT2D eigenvalue weighted by molar-refractivity contribution is 0.172. The first-order valence-corrected chi connectivity index (χ1v) is 4.37. The molecule has 0 radical (unpaired) electrons. The molecule has 1 unspecified atom stereocenters. The number of unbranched alkanes of at least 4 members (excludes halogenated alkanes) is 1. The van der Waals surface area contributed by atoms with Crippen LogP contribution in [0.15, 0.2) is 0 Å². The molecule has 2 nitrogen and oxygen atoms in total. The van der Waals surface area contributed by atoms with Gasteiger partial charge < -0.3 is 9.26 Å². The molecule has 0 aromatic carbocycles. The van der Waals surface area contributed by atoms with E-state index < -0.39 is 0 Å². The average Bonchev–Trinajstić information content (AvgIpc) is 1.89. The fraction of sp³-hybridized carbons (Fsp3) is 1.00. The van der Waals surface area contributed by atoms with Gasteiger partial charge in [-0.1, -0.05) is 13.3 Å². The van der Waals surface area contributed by atoms with Crippen LogP contribution in [-0.2, 0) is 9.26 Å². The van der Waals surface area contributed by atoms with Crippen LogP contribution in [0.2, 0.25) is 0 Å². The Labute approximate surface area is 58.8 Å². The molecule has 0 saturated heterocycles. The first-order valence-electron chi connectivity index (χ1n) is 3.25. The van der Waals surface area contributed by atoms with Crippen LogP contribution in [0.5, 0.6) is 0 Å². The lowest BCUT2D eigenvalue weighted by Gasteiger charge is -1.99. The third-order valence-electron chi connectivity index (χ3n) is 0.948. The van der Waals surface area contributed by atoms with Crippen LogP contribution in [0.25, 0.3) is 0 Å². The van der Waals surface area contributed by atoms with Gasteiger partial charge in [-0.15, -0.1) is 0 Å². The molecule has 0 rings (SSSR count). The molecule has 0 N–H and O–H groups in total. The molecule has 0 amide bonds. The van der Waals surface area contributed by atoms with E-state index in [0.29, 0.717) is 8.81 Å². The van der Waals surface area contributed by atoms with Crippen LogP contribution in [-0.4, -0.2) is 20.1 Å². The minimum Gasteiger partial charge on any atom is -0.375 e. The third kappa shape index (κ3) is 8.35. The van der Waals surface area contributed by atoms with Gasteiger partial charge in [-0.25, -0.2) is 0 Å². The predicted octanol–water partition coefficient (Wildman–Crippen LogP) is 2.00. The summed E-state index contributed by atoms with van der Waals surface area (Å²) in [5.41, 5.74) is 0. The zero-order valence-corrected chi connectivity index (χ0v) is 7.14. The summed E-state index contributed by atoms with van der Waals surface area (Å²) in [5, 5.41) is 0. The smallest absolute Gasteiger partial charge is 0.0879 e. The molecule has 0 aromatic rings. The number of hydrogen-bond donors (Lipinski definition) is 0. The minimum absolute atomic E-state index is 0.504. The average molecular weight is 150 g/mol. The molecule has 0 spiro atoms. The molecule has 0 saturated carbocycles. The fourth-order valence-corrected chi connectivity index (χ4v) is 0.765. The van der Waals surface area contributed by atoms with E-state index in [1.165, 1.54) is 6.42 Å². The summed E-state index contributed by atoms with van der Waals surface area (Å²) in [7, 11) is 2.20. The van der Waals surface area contributed by atoms with Crippen LogP contribution in [0, 0.1) is 0 Å². The third-order valence-corrected chi connectivity index (χ3v) is 1.56. The van der Waals surface area contributed by atoms with Crippen molar-refractivity contribution in [2.24, 2.45) is 0 Å². The summed E-state index contributed by atoms with van der Waals surface area (Å²) in [4.78, 5) is 0. The van der Waals surface area contributed by atoms with Gasteiger partial charge in [0.25, 0.3) is 0 Å². The minimum atomic E-state index is 0.504. The van der Waals surface area contributed by atoms with Gasteiger partial charge in [-0.2, -0.15) is 0 Å². The second kappa shape index (κ2) is 8.35. The molecule has 0 aliphatic carbocycles. The SMILES string of the molecule is CCCCOCPOC. The van der Waals surface area contributed by atoms with Crippen molar-refractivity contribution in [1.29, 1.82) is 0 Å². The Morgan fingerprint density at radius 3 is 2.78 bits per heavy atom. The highest BCUT2D eigenvalue weighted by Gasteiger charge is 1.84. The maximum absolute atomic E-state index is 5.20. The first kappa shape index (κ1) is 9.35. The first-order chi connectivity index (χ1) is 4.41. The van der Waals surface area contributed by atoms with Crippen molar-refractivity contribution in [2.75, 3.05) is 20.1 Å². The molecule has 0 bridgehead atoms.